The van der Waals surface area contributed by atoms with Crippen molar-refractivity contribution < 1.29 is 5.11 Å². The number of halogens is 1. The van der Waals surface area contributed by atoms with Gasteiger partial charge in [-0.1, -0.05) is 22.0 Å². The van der Waals surface area contributed by atoms with Gasteiger partial charge in [-0.3, -0.25) is 0 Å². The van der Waals surface area contributed by atoms with Crippen LogP contribution in [0.25, 0.3) is 0 Å². The Balaban J connectivity index is 2.18. The summed E-state index contributed by atoms with van der Waals surface area (Å²) in [5.74, 6) is 0. The molecule has 0 saturated carbocycles. The molecule has 0 amide bonds. The maximum absolute atomic E-state index is 8.59. The molecular weight excluding hydrogens is 242 g/mol. The van der Waals surface area contributed by atoms with Gasteiger partial charge in [-0.2, -0.15) is 0 Å². The van der Waals surface area contributed by atoms with Gasteiger partial charge in [0.15, 0.2) is 0 Å². The molecule has 0 radical (unpaired) electrons. The number of hydrogen-bond donors (Lipinski definition) is 2. The lowest BCUT2D eigenvalue weighted by molar-refractivity contribution is 0.283. The molecule has 78 valence electrons. The average Bonchev–Trinajstić information content (AvgIpc) is 2.18. The molecule has 2 nitrogen and oxygen atoms in total. The lowest BCUT2D eigenvalue weighted by Crippen LogP contribution is -2.01. The van der Waals surface area contributed by atoms with E-state index in [0.29, 0.717) is 6.61 Å². The summed E-state index contributed by atoms with van der Waals surface area (Å²) < 4.78 is 1.10. The second kappa shape index (κ2) is 6.85. The van der Waals surface area contributed by atoms with Gasteiger partial charge in [0.2, 0.25) is 0 Å². The number of anilines is 1. The molecule has 0 aliphatic rings. The highest BCUT2D eigenvalue weighted by molar-refractivity contribution is 9.10. The number of nitrogens with one attached hydrogen (secondary N) is 1. The van der Waals surface area contributed by atoms with Crippen molar-refractivity contribution in [3.05, 3.63) is 28.7 Å². The zero-order chi connectivity index (χ0) is 10.2. The molecule has 0 aliphatic heterocycles. The van der Waals surface area contributed by atoms with Crippen LogP contribution in [-0.4, -0.2) is 18.3 Å². The molecule has 0 unspecified atom stereocenters. The highest BCUT2D eigenvalue weighted by Crippen LogP contribution is 2.15. The number of aliphatic hydroxyl groups is 1. The lowest BCUT2D eigenvalue weighted by Gasteiger charge is -2.05. The summed E-state index contributed by atoms with van der Waals surface area (Å²) in [5.41, 5.74) is 1.14. The molecule has 0 saturated heterocycles. The SMILES string of the molecule is OCCCCCNc1cccc(Br)c1. The van der Waals surface area contributed by atoms with Crippen LogP contribution in [-0.2, 0) is 0 Å². The first-order chi connectivity index (χ1) is 6.83. The van der Waals surface area contributed by atoms with E-state index in [1.54, 1.807) is 0 Å². The smallest absolute Gasteiger partial charge is 0.0431 e. The van der Waals surface area contributed by atoms with Gasteiger partial charge in [0.1, 0.15) is 0 Å². The fourth-order valence-electron chi connectivity index (χ4n) is 1.24. The Morgan fingerprint density at radius 2 is 2.07 bits per heavy atom. The first-order valence-corrected chi connectivity index (χ1v) is 5.72. The number of hydrogen-bond acceptors (Lipinski definition) is 2. The number of aliphatic hydroxyl groups excluding tert-OH is 1. The van der Waals surface area contributed by atoms with Crippen molar-refractivity contribution in [2.45, 2.75) is 19.3 Å². The van der Waals surface area contributed by atoms with Crippen LogP contribution in [0.2, 0.25) is 0 Å². The van der Waals surface area contributed by atoms with E-state index in [1.165, 1.54) is 0 Å². The van der Waals surface area contributed by atoms with Crippen molar-refractivity contribution in [2.24, 2.45) is 0 Å². The Bertz CT molecular complexity index is 265. The lowest BCUT2D eigenvalue weighted by atomic mass is 10.2. The second-order valence-corrected chi connectivity index (χ2v) is 4.14. The highest BCUT2D eigenvalue weighted by Gasteiger charge is 1.92. The molecule has 0 aliphatic carbocycles. The first-order valence-electron chi connectivity index (χ1n) is 4.93. The summed E-state index contributed by atoms with van der Waals surface area (Å²) in [5, 5.41) is 11.9. The minimum Gasteiger partial charge on any atom is -0.396 e. The average molecular weight is 258 g/mol. The minimum absolute atomic E-state index is 0.302. The zero-order valence-corrected chi connectivity index (χ0v) is 9.76. The van der Waals surface area contributed by atoms with Gasteiger partial charge in [0.05, 0.1) is 0 Å². The predicted molar refractivity (Wildman–Crippen MR) is 63.6 cm³/mol. The van der Waals surface area contributed by atoms with E-state index >= 15 is 0 Å². The fraction of sp³-hybridized carbons (Fsp3) is 0.455. The van der Waals surface area contributed by atoms with E-state index in [4.69, 9.17) is 5.11 Å². The van der Waals surface area contributed by atoms with E-state index in [0.717, 1.165) is 36.0 Å². The van der Waals surface area contributed by atoms with Crippen LogP contribution < -0.4 is 5.32 Å². The topological polar surface area (TPSA) is 32.3 Å². The van der Waals surface area contributed by atoms with Crippen molar-refractivity contribution >= 4 is 21.6 Å². The fourth-order valence-corrected chi connectivity index (χ4v) is 1.64. The summed E-state index contributed by atoms with van der Waals surface area (Å²) in [4.78, 5) is 0. The largest absolute Gasteiger partial charge is 0.396 e. The summed E-state index contributed by atoms with van der Waals surface area (Å²) in [6.45, 7) is 1.27. The van der Waals surface area contributed by atoms with Gasteiger partial charge in [-0.15, -0.1) is 0 Å². The molecule has 2 N–H and O–H groups in total. The van der Waals surface area contributed by atoms with E-state index in [-0.39, 0.29) is 0 Å². The molecule has 0 fully saturated rings. The van der Waals surface area contributed by atoms with Crippen LogP contribution in [0.4, 0.5) is 5.69 Å². The molecule has 0 aromatic heterocycles. The Morgan fingerprint density at radius 1 is 1.21 bits per heavy atom. The van der Waals surface area contributed by atoms with E-state index < -0.39 is 0 Å². The zero-order valence-electron chi connectivity index (χ0n) is 8.17. The number of benzene rings is 1. The normalized spacial score (nSPS) is 10.1. The first kappa shape index (κ1) is 11.5. The summed E-state index contributed by atoms with van der Waals surface area (Å²) >= 11 is 3.42. The number of unbranched alkanes of at least 4 members (excludes halogenated alkanes) is 2. The van der Waals surface area contributed by atoms with Crippen LogP contribution in [0.3, 0.4) is 0 Å². The molecule has 0 atom stereocenters. The van der Waals surface area contributed by atoms with Gasteiger partial charge >= 0.3 is 0 Å². The third-order valence-electron chi connectivity index (χ3n) is 1.99. The van der Waals surface area contributed by atoms with Crippen molar-refractivity contribution in [1.29, 1.82) is 0 Å². The predicted octanol–water partition coefficient (Wildman–Crippen LogP) is 3.02. The van der Waals surface area contributed by atoms with Crippen molar-refractivity contribution in [3.63, 3.8) is 0 Å². The second-order valence-electron chi connectivity index (χ2n) is 3.22. The quantitative estimate of drug-likeness (QED) is 0.769. The van der Waals surface area contributed by atoms with Crippen molar-refractivity contribution in [3.8, 4) is 0 Å². The van der Waals surface area contributed by atoms with Crippen LogP contribution in [0, 0.1) is 0 Å². The maximum atomic E-state index is 8.59. The molecule has 0 bridgehead atoms. The monoisotopic (exact) mass is 257 g/mol. The summed E-state index contributed by atoms with van der Waals surface area (Å²) in [6.07, 6.45) is 3.09. The highest BCUT2D eigenvalue weighted by atomic mass is 79.9. The summed E-state index contributed by atoms with van der Waals surface area (Å²) in [7, 11) is 0. The van der Waals surface area contributed by atoms with Gasteiger partial charge < -0.3 is 10.4 Å². The molecule has 0 spiro atoms. The standard InChI is InChI=1S/C11H16BrNO/c12-10-5-4-6-11(9-10)13-7-2-1-3-8-14/h4-6,9,13-14H,1-3,7-8H2. The molecule has 1 aromatic rings. The summed E-state index contributed by atoms with van der Waals surface area (Å²) in [6, 6.07) is 8.14. The Hall–Kier alpha value is -0.540. The van der Waals surface area contributed by atoms with Gasteiger partial charge in [-0.05, 0) is 37.5 Å². The molecule has 1 aromatic carbocycles. The Morgan fingerprint density at radius 3 is 2.79 bits per heavy atom. The third-order valence-corrected chi connectivity index (χ3v) is 2.48. The van der Waals surface area contributed by atoms with Gasteiger partial charge in [0.25, 0.3) is 0 Å². The third kappa shape index (κ3) is 4.63. The van der Waals surface area contributed by atoms with Crippen LogP contribution >= 0.6 is 15.9 Å². The molecule has 14 heavy (non-hydrogen) atoms. The van der Waals surface area contributed by atoms with E-state index in [9.17, 15) is 0 Å². The van der Waals surface area contributed by atoms with Crippen LogP contribution in [0.1, 0.15) is 19.3 Å². The Kier molecular flexibility index (Phi) is 5.64. The molecule has 1 rings (SSSR count). The molecule has 0 heterocycles. The van der Waals surface area contributed by atoms with Crippen LogP contribution in [0.5, 0.6) is 0 Å². The van der Waals surface area contributed by atoms with Gasteiger partial charge in [0, 0.05) is 23.3 Å². The van der Waals surface area contributed by atoms with E-state index in [1.807, 2.05) is 12.1 Å². The molecule has 3 heteroatoms. The minimum atomic E-state index is 0.302. The van der Waals surface area contributed by atoms with Gasteiger partial charge in [-0.25, -0.2) is 0 Å². The number of rotatable bonds is 6. The Labute approximate surface area is 93.5 Å². The van der Waals surface area contributed by atoms with Crippen LogP contribution in [0.15, 0.2) is 28.7 Å². The molecular formula is C11H16BrNO. The van der Waals surface area contributed by atoms with E-state index in [2.05, 4.69) is 33.4 Å². The maximum Gasteiger partial charge on any atom is 0.0431 e. The van der Waals surface area contributed by atoms with Crippen molar-refractivity contribution in [1.82, 2.24) is 0 Å². The van der Waals surface area contributed by atoms with Crippen molar-refractivity contribution in [2.75, 3.05) is 18.5 Å².